The van der Waals surface area contributed by atoms with Gasteiger partial charge in [-0.1, -0.05) is 62.0 Å². The van der Waals surface area contributed by atoms with Gasteiger partial charge in [-0.25, -0.2) is 0 Å². The molecule has 7 nitrogen and oxygen atoms in total. The summed E-state index contributed by atoms with van der Waals surface area (Å²) in [6.45, 7) is 3.69. The number of amides is 1. The minimum Gasteiger partial charge on any atom is -0.382 e. The lowest BCUT2D eigenvalue weighted by molar-refractivity contribution is -0.388. The number of rotatable bonds is 8. The topological polar surface area (TPSA) is 78.7 Å². The fourth-order valence-electron chi connectivity index (χ4n) is 6.00. The number of alkyl halides is 3. The predicted molar refractivity (Wildman–Crippen MR) is 163 cm³/mol. The lowest BCUT2D eigenvalue weighted by atomic mass is 9.88. The molecule has 0 radical (unpaired) electrons. The second kappa shape index (κ2) is 14.0. The second-order valence-electron chi connectivity index (χ2n) is 11.1. The van der Waals surface area contributed by atoms with Crippen molar-refractivity contribution in [3.63, 3.8) is 0 Å². The number of likely N-dealkylation sites (tertiary alicyclic amines) is 2. The van der Waals surface area contributed by atoms with Crippen LogP contribution < -0.4 is 5.32 Å². The van der Waals surface area contributed by atoms with Crippen LogP contribution in [0, 0.1) is 10.1 Å². The lowest BCUT2D eigenvalue weighted by Crippen LogP contribution is -2.43. The Hall–Kier alpha value is -3.92. The first-order chi connectivity index (χ1) is 20.2. The van der Waals surface area contributed by atoms with Crippen LogP contribution in [0.4, 0.5) is 24.5 Å². The highest BCUT2D eigenvalue weighted by Gasteiger charge is 2.38. The normalized spacial score (nSPS) is 16.9. The van der Waals surface area contributed by atoms with Gasteiger partial charge in [0.1, 0.15) is 5.56 Å². The standard InChI is InChI=1S/C32H35F3N4O3.CH4/c33-32(34,35)29-22-28(10-11-30(29)39(41)42)36-27-14-20-38(21-15-27)31(40)16-19-37-17-12-26(13-18-37)25-8-6-24(7-9-25)23-4-2-1-3-5-23;/h1-11,22,26-27,36H,12-21H2;1H4. The van der Waals surface area contributed by atoms with Gasteiger partial charge in [0.15, 0.2) is 0 Å². The third-order valence-corrected chi connectivity index (χ3v) is 8.44. The summed E-state index contributed by atoms with van der Waals surface area (Å²) >= 11 is 0. The zero-order valence-electron chi connectivity index (χ0n) is 23.4. The number of hydrogen-bond acceptors (Lipinski definition) is 5. The predicted octanol–water partition coefficient (Wildman–Crippen LogP) is 7.59. The molecule has 2 saturated heterocycles. The average Bonchev–Trinajstić information content (AvgIpc) is 3.00. The molecule has 3 aromatic rings. The van der Waals surface area contributed by atoms with Crippen molar-refractivity contribution in [3.8, 4) is 11.1 Å². The monoisotopic (exact) mass is 596 g/mol. The molecular weight excluding hydrogens is 557 g/mol. The van der Waals surface area contributed by atoms with Gasteiger partial charge in [0.2, 0.25) is 5.91 Å². The van der Waals surface area contributed by atoms with E-state index in [4.69, 9.17) is 0 Å². The van der Waals surface area contributed by atoms with Gasteiger partial charge in [0, 0.05) is 43.9 Å². The van der Waals surface area contributed by atoms with Gasteiger partial charge in [0.05, 0.1) is 4.92 Å². The smallest absolute Gasteiger partial charge is 0.382 e. The summed E-state index contributed by atoms with van der Waals surface area (Å²) in [4.78, 5) is 27.0. The van der Waals surface area contributed by atoms with Crippen LogP contribution >= 0.6 is 0 Å². The summed E-state index contributed by atoms with van der Waals surface area (Å²) in [7, 11) is 0. The fourth-order valence-corrected chi connectivity index (χ4v) is 6.00. The van der Waals surface area contributed by atoms with Crippen molar-refractivity contribution in [2.45, 2.75) is 57.7 Å². The minimum atomic E-state index is -4.82. The Bertz CT molecular complexity index is 1370. The number of hydrogen-bond donors (Lipinski definition) is 1. The third kappa shape index (κ3) is 8.13. The van der Waals surface area contributed by atoms with E-state index in [-0.39, 0.29) is 25.1 Å². The Kier molecular flexibility index (Phi) is 10.4. The third-order valence-electron chi connectivity index (χ3n) is 8.44. The van der Waals surface area contributed by atoms with E-state index in [1.165, 1.54) is 22.8 Å². The van der Waals surface area contributed by atoms with Crippen LogP contribution in [0.1, 0.15) is 56.6 Å². The maximum Gasteiger partial charge on any atom is 0.423 e. The molecule has 1 amide bonds. The molecule has 0 aliphatic carbocycles. The molecule has 0 atom stereocenters. The summed E-state index contributed by atoms with van der Waals surface area (Å²) < 4.78 is 39.9. The minimum absolute atomic E-state index is 0. The largest absolute Gasteiger partial charge is 0.423 e. The number of anilines is 1. The zero-order chi connectivity index (χ0) is 29.7. The number of carbonyl (C=O) groups is 1. The average molecular weight is 597 g/mol. The zero-order valence-corrected chi connectivity index (χ0v) is 23.4. The number of piperidine rings is 2. The fraction of sp³-hybridized carbons (Fsp3) is 0.424. The van der Waals surface area contributed by atoms with E-state index < -0.39 is 22.4 Å². The first kappa shape index (κ1) is 32.0. The van der Waals surface area contributed by atoms with Crippen LogP contribution in [0.3, 0.4) is 0 Å². The van der Waals surface area contributed by atoms with Crippen molar-refractivity contribution in [2.75, 3.05) is 38.0 Å². The summed E-state index contributed by atoms with van der Waals surface area (Å²) in [6, 6.07) is 22.1. The van der Waals surface area contributed by atoms with Gasteiger partial charge < -0.3 is 15.1 Å². The molecule has 0 spiro atoms. The summed E-state index contributed by atoms with van der Waals surface area (Å²) in [5.41, 5.74) is 1.76. The van der Waals surface area contributed by atoms with Crippen molar-refractivity contribution in [2.24, 2.45) is 0 Å². The van der Waals surface area contributed by atoms with Crippen molar-refractivity contribution >= 4 is 17.3 Å². The van der Waals surface area contributed by atoms with Crippen LogP contribution in [0.25, 0.3) is 11.1 Å². The number of nitro benzene ring substituents is 1. The van der Waals surface area contributed by atoms with E-state index in [9.17, 15) is 28.1 Å². The summed E-state index contributed by atoms with van der Waals surface area (Å²) in [5, 5.41) is 14.1. The molecule has 1 N–H and O–H groups in total. The number of benzene rings is 3. The summed E-state index contributed by atoms with van der Waals surface area (Å²) in [5.74, 6) is 0.623. The van der Waals surface area contributed by atoms with Gasteiger partial charge in [0.25, 0.3) is 5.69 Å². The Balaban J connectivity index is 0.00000423. The number of carbonyl (C=O) groups excluding carboxylic acids is 1. The van der Waals surface area contributed by atoms with Gasteiger partial charge in [-0.3, -0.25) is 14.9 Å². The van der Waals surface area contributed by atoms with E-state index in [0.29, 0.717) is 38.3 Å². The Morgan fingerprint density at radius 3 is 2.12 bits per heavy atom. The lowest BCUT2D eigenvalue weighted by Gasteiger charge is -2.35. The van der Waals surface area contributed by atoms with Crippen LogP contribution in [0.5, 0.6) is 0 Å². The van der Waals surface area contributed by atoms with Crippen LogP contribution in [-0.4, -0.2) is 59.4 Å². The molecular formula is C33H39F3N4O3. The van der Waals surface area contributed by atoms with Gasteiger partial charge in [-0.15, -0.1) is 0 Å². The SMILES string of the molecule is C.O=C(CCN1CCC(c2ccc(-c3ccccc3)cc2)CC1)N1CCC(Nc2ccc([N+](=O)[O-])c(C(F)(F)F)c2)CC1. The molecule has 0 saturated carbocycles. The van der Waals surface area contributed by atoms with Gasteiger partial charge in [-0.2, -0.15) is 13.2 Å². The molecule has 2 fully saturated rings. The molecule has 0 bridgehead atoms. The van der Waals surface area contributed by atoms with Crippen LogP contribution in [0.15, 0.2) is 72.8 Å². The molecule has 2 aliphatic heterocycles. The van der Waals surface area contributed by atoms with Crippen molar-refractivity contribution in [3.05, 3.63) is 94.0 Å². The highest BCUT2D eigenvalue weighted by molar-refractivity contribution is 5.76. The molecule has 2 aliphatic rings. The highest BCUT2D eigenvalue weighted by Crippen LogP contribution is 2.38. The molecule has 0 unspecified atom stereocenters. The maximum absolute atomic E-state index is 13.3. The van der Waals surface area contributed by atoms with Gasteiger partial charge in [-0.05, 0) is 73.5 Å². The molecule has 43 heavy (non-hydrogen) atoms. The van der Waals surface area contributed by atoms with Crippen LogP contribution in [0.2, 0.25) is 0 Å². The van der Waals surface area contributed by atoms with Crippen molar-refractivity contribution in [1.82, 2.24) is 9.80 Å². The maximum atomic E-state index is 13.3. The van der Waals surface area contributed by atoms with E-state index in [1.54, 1.807) is 0 Å². The molecule has 3 aromatic carbocycles. The molecule has 5 rings (SSSR count). The van der Waals surface area contributed by atoms with E-state index in [0.717, 1.165) is 44.6 Å². The first-order valence-electron chi connectivity index (χ1n) is 14.4. The Morgan fingerprint density at radius 1 is 0.884 bits per heavy atom. The van der Waals surface area contributed by atoms with Crippen molar-refractivity contribution < 1.29 is 22.9 Å². The first-order valence-corrected chi connectivity index (χ1v) is 14.4. The summed E-state index contributed by atoms with van der Waals surface area (Å²) in [6.07, 6.45) is -1.05. The molecule has 2 heterocycles. The van der Waals surface area contributed by atoms with E-state index in [1.807, 2.05) is 23.1 Å². The second-order valence-corrected chi connectivity index (χ2v) is 11.1. The number of nitro groups is 1. The highest BCUT2D eigenvalue weighted by atomic mass is 19.4. The molecule has 0 aromatic heterocycles. The quantitative estimate of drug-likeness (QED) is 0.214. The van der Waals surface area contributed by atoms with Crippen molar-refractivity contribution in [1.29, 1.82) is 0 Å². The Morgan fingerprint density at radius 2 is 1.51 bits per heavy atom. The van der Waals surface area contributed by atoms with E-state index in [2.05, 4.69) is 46.6 Å². The number of nitrogens with zero attached hydrogens (tertiary/aromatic N) is 3. The van der Waals surface area contributed by atoms with Crippen LogP contribution in [-0.2, 0) is 11.0 Å². The molecule has 230 valence electrons. The Labute approximate surface area is 250 Å². The van der Waals surface area contributed by atoms with E-state index >= 15 is 0 Å². The van der Waals surface area contributed by atoms with Gasteiger partial charge >= 0.3 is 6.18 Å². The molecule has 10 heteroatoms. The number of nitrogens with one attached hydrogen (secondary N) is 1. The number of halogens is 3.